The van der Waals surface area contributed by atoms with Gasteiger partial charge in [0.1, 0.15) is 0 Å². The van der Waals surface area contributed by atoms with Crippen molar-refractivity contribution in [3.8, 4) is 0 Å². The van der Waals surface area contributed by atoms with Gasteiger partial charge in [0.05, 0.1) is 30.1 Å². The maximum atomic E-state index is 9.65. The summed E-state index contributed by atoms with van der Waals surface area (Å²) in [6.07, 6.45) is 1.73. The summed E-state index contributed by atoms with van der Waals surface area (Å²) in [5.74, 6) is 0.639. The zero-order chi connectivity index (χ0) is 11.8. The van der Waals surface area contributed by atoms with Crippen molar-refractivity contribution in [3.05, 3.63) is 11.4 Å². The highest BCUT2D eigenvalue weighted by atomic mass is 16.3. The average molecular weight is 222 g/mol. The predicted octanol–water partition coefficient (Wildman–Crippen LogP) is 0.567. The van der Waals surface area contributed by atoms with Gasteiger partial charge in [-0.3, -0.25) is 0 Å². The van der Waals surface area contributed by atoms with Gasteiger partial charge < -0.3 is 10.0 Å². The lowest BCUT2D eigenvalue weighted by molar-refractivity contribution is 0.0298. The van der Waals surface area contributed by atoms with Crippen LogP contribution in [-0.2, 0) is 12.8 Å². The monoisotopic (exact) mass is 222 g/mol. The van der Waals surface area contributed by atoms with Crippen LogP contribution >= 0.6 is 0 Å². The number of aromatic nitrogens is 3. The lowest BCUT2D eigenvalue weighted by Gasteiger charge is -2.43. The molecule has 1 aromatic rings. The van der Waals surface area contributed by atoms with E-state index < -0.39 is 5.60 Å². The van der Waals surface area contributed by atoms with Crippen LogP contribution in [-0.4, -0.2) is 39.0 Å². The molecule has 1 N–H and O–H groups in total. The SMILES string of the molecule is CCc1nnc(N2CC(C)(O)C2)nc1CC. The van der Waals surface area contributed by atoms with Crippen molar-refractivity contribution < 1.29 is 5.11 Å². The van der Waals surface area contributed by atoms with E-state index in [-0.39, 0.29) is 0 Å². The molecule has 0 saturated carbocycles. The second kappa shape index (κ2) is 3.97. The Morgan fingerprint density at radius 3 is 2.31 bits per heavy atom. The molecule has 0 aliphatic carbocycles. The van der Waals surface area contributed by atoms with Gasteiger partial charge in [-0.1, -0.05) is 13.8 Å². The van der Waals surface area contributed by atoms with Crippen LogP contribution in [0.4, 0.5) is 5.95 Å². The van der Waals surface area contributed by atoms with Gasteiger partial charge in [-0.15, -0.1) is 5.10 Å². The third kappa shape index (κ3) is 2.00. The van der Waals surface area contributed by atoms with Crippen LogP contribution in [0.5, 0.6) is 0 Å². The third-order valence-electron chi connectivity index (χ3n) is 2.84. The molecule has 88 valence electrons. The number of hydrogen-bond donors (Lipinski definition) is 1. The van der Waals surface area contributed by atoms with E-state index in [1.807, 2.05) is 11.8 Å². The summed E-state index contributed by atoms with van der Waals surface area (Å²) in [5, 5.41) is 17.9. The van der Waals surface area contributed by atoms with E-state index >= 15 is 0 Å². The van der Waals surface area contributed by atoms with E-state index in [1.165, 1.54) is 0 Å². The molecule has 5 nitrogen and oxygen atoms in total. The van der Waals surface area contributed by atoms with Gasteiger partial charge in [0, 0.05) is 0 Å². The Balaban J connectivity index is 2.18. The minimum Gasteiger partial charge on any atom is -0.386 e. The van der Waals surface area contributed by atoms with Crippen molar-refractivity contribution in [2.45, 2.75) is 39.2 Å². The number of hydrogen-bond acceptors (Lipinski definition) is 5. The van der Waals surface area contributed by atoms with Crippen LogP contribution in [0.2, 0.25) is 0 Å². The van der Waals surface area contributed by atoms with Crippen molar-refractivity contribution in [2.24, 2.45) is 0 Å². The summed E-state index contributed by atoms with van der Waals surface area (Å²) in [7, 11) is 0. The lowest BCUT2D eigenvalue weighted by Crippen LogP contribution is -2.60. The molecule has 0 aromatic carbocycles. The third-order valence-corrected chi connectivity index (χ3v) is 2.84. The van der Waals surface area contributed by atoms with Gasteiger partial charge in [0.15, 0.2) is 0 Å². The fourth-order valence-electron chi connectivity index (χ4n) is 1.98. The smallest absolute Gasteiger partial charge is 0.245 e. The highest BCUT2D eigenvalue weighted by molar-refractivity contribution is 5.36. The van der Waals surface area contributed by atoms with Gasteiger partial charge in [-0.25, -0.2) is 4.98 Å². The zero-order valence-electron chi connectivity index (χ0n) is 10.1. The van der Waals surface area contributed by atoms with Gasteiger partial charge in [-0.05, 0) is 19.8 Å². The van der Waals surface area contributed by atoms with Crippen LogP contribution in [0.3, 0.4) is 0 Å². The van der Waals surface area contributed by atoms with E-state index in [4.69, 9.17) is 0 Å². The van der Waals surface area contributed by atoms with Gasteiger partial charge in [0.2, 0.25) is 5.95 Å². The molecule has 0 atom stereocenters. The average Bonchev–Trinajstić information content (AvgIpc) is 2.24. The molecular weight excluding hydrogens is 204 g/mol. The van der Waals surface area contributed by atoms with Gasteiger partial charge in [0.25, 0.3) is 0 Å². The van der Waals surface area contributed by atoms with E-state index in [2.05, 4.69) is 29.0 Å². The van der Waals surface area contributed by atoms with Crippen molar-refractivity contribution in [2.75, 3.05) is 18.0 Å². The normalized spacial score (nSPS) is 18.4. The molecule has 0 bridgehead atoms. The highest BCUT2D eigenvalue weighted by Crippen LogP contribution is 2.24. The summed E-state index contributed by atoms with van der Waals surface area (Å²) in [6, 6.07) is 0. The first-order valence-corrected chi connectivity index (χ1v) is 5.75. The maximum Gasteiger partial charge on any atom is 0.245 e. The Bertz CT molecular complexity index is 384. The molecule has 5 heteroatoms. The topological polar surface area (TPSA) is 62.1 Å². The van der Waals surface area contributed by atoms with Crippen LogP contribution in [0, 0.1) is 0 Å². The largest absolute Gasteiger partial charge is 0.386 e. The molecule has 2 heterocycles. The Kier molecular flexibility index (Phi) is 2.80. The van der Waals surface area contributed by atoms with Crippen molar-refractivity contribution in [1.29, 1.82) is 0 Å². The van der Waals surface area contributed by atoms with Crippen LogP contribution in [0.15, 0.2) is 0 Å². The van der Waals surface area contributed by atoms with Crippen LogP contribution < -0.4 is 4.90 Å². The number of rotatable bonds is 3. The van der Waals surface area contributed by atoms with E-state index in [1.54, 1.807) is 0 Å². The number of β-amino-alcohol motifs (C(OH)–C–C–N with tert-alkyl or cyclic N) is 1. The highest BCUT2D eigenvalue weighted by Gasteiger charge is 2.38. The summed E-state index contributed by atoms with van der Waals surface area (Å²) in [4.78, 5) is 6.44. The lowest BCUT2D eigenvalue weighted by atomic mass is 9.98. The molecule has 1 aliphatic heterocycles. The Morgan fingerprint density at radius 1 is 1.19 bits per heavy atom. The first kappa shape index (κ1) is 11.3. The number of aryl methyl sites for hydroxylation is 2. The number of nitrogens with zero attached hydrogens (tertiary/aromatic N) is 4. The van der Waals surface area contributed by atoms with E-state index in [0.717, 1.165) is 24.2 Å². The molecule has 0 unspecified atom stereocenters. The molecule has 0 amide bonds. The molecule has 0 radical (unpaired) electrons. The van der Waals surface area contributed by atoms with Gasteiger partial charge in [-0.2, -0.15) is 5.10 Å². The van der Waals surface area contributed by atoms with Crippen molar-refractivity contribution >= 4 is 5.95 Å². The number of aliphatic hydroxyl groups is 1. The Morgan fingerprint density at radius 2 is 1.81 bits per heavy atom. The predicted molar refractivity (Wildman–Crippen MR) is 61.4 cm³/mol. The second-order valence-electron chi connectivity index (χ2n) is 4.57. The van der Waals surface area contributed by atoms with Crippen LogP contribution in [0.25, 0.3) is 0 Å². The standard InChI is InChI=1S/C11H18N4O/c1-4-8-9(5-2)13-14-10(12-8)15-6-11(3,16)7-15/h16H,4-7H2,1-3H3. The summed E-state index contributed by atoms with van der Waals surface area (Å²) < 4.78 is 0. The number of anilines is 1. The Labute approximate surface area is 95.5 Å². The van der Waals surface area contributed by atoms with Crippen molar-refractivity contribution in [1.82, 2.24) is 15.2 Å². The quantitative estimate of drug-likeness (QED) is 0.810. The Hall–Kier alpha value is -1.23. The van der Waals surface area contributed by atoms with Crippen molar-refractivity contribution in [3.63, 3.8) is 0 Å². The molecule has 1 saturated heterocycles. The molecule has 1 aliphatic rings. The minimum atomic E-state index is -0.598. The molecular formula is C11H18N4O. The molecule has 1 aromatic heterocycles. The zero-order valence-corrected chi connectivity index (χ0v) is 10.1. The second-order valence-corrected chi connectivity index (χ2v) is 4.57. The fourth-order valence-corrected chi connectivity index (χ4v) is 1.98. The van der Waals surface area contributed by atoms with E-state index in [0.29, 0.717) is 19.0 Å². The summed E-state index contributed by atoms with van der Waals surface area (Å²) in [6.45, 7) is 7.11. The summed E-state index contributed by atoms with van der Waals surface area (Å²) in [5.41, 5.74) is 1.39. The molecule has 16 heavy (non-hydrogen) atoms. The minimum absolute atomic E-state index is 0.587. The first-order chi connectivity index (χ1) is 7.55. The molecule has 2 rings (SSSR count). The van der Waals surface area contributed by atoms with Gasteiger partial charge >= 0.3 is 0 Å². The van der Waals surface area contributed by atoms with E-state index in [9.17, 15) is 5.11 Å². The fraction of sp³-hybridized carbons (Fsp3) is 0.727. The molecule has 0 spiro atoms. The van der Waals surface area contributed by atoms with Crippen LogP contribution in [0.1, 0.15) is 32.2 Å². The maximum absolute atomic E-state index is 9.65. The molecule has 1 fully saturated rings. The first-order valence-electron chi connectivity index (χ1n) is 5.75. The summed E-state index contributed by atoms with van der Waals surface area (Å²) >= 11 is 0.